The second-order valence-electron chi connectivity index (χ2n) is 8.34. The molecule has 6 aromatic rings. The van der Waals surface area contributed by atoms with Gasteiger partial charge in [-0.3, -0.25) is 4.98 Å². The van der Waals surface area contributed by atoms with E-state index in [1.54, 1.807) is 12.3 Å². The minimum absolute atomic E-state index is 0.586. The van der Waals surface area contributed by atoms with E-state index in [1.165, 1.54) is 0 Å². The van der Waals surface area contributed by atoms with Gasteiger partial charge in [0.25, 0.3) is 0 Å². The molecule has 0 aliphatic heterocycles. The molecule has 0 fully saturated rings. The molecule has 35 heavy (non-hydrogen) atoms. The SMILES string of the molecule is N#Cc1ccnc(-c2cccc(-c3ccccc3-n3c4ccccc4c4cc(C#N)ccc43)c2)c1. The summed E-state index contributed by atoms with van der Waals surface area (Å²) in [4.78, 5) is 4.48. The molecule has 0 aliphatic rings. The maximum atomic E-state index is 9.46. The van der Waals surface area contributed by atoms with Gasteiger partial charge < -0.3 is 4.57 Å². The molecule has 0 bridgehead atoms. The van der Waals surface area contributed by atoms with E-state index in [2.05, 4.69) is 58.1 Å². The molecule has 0 amide bonds. The summed E-state index contributed by atoms with van der Waals surface area (Å²) in [6.45, 7) is 0. The van der Waals surface area contributed by atoms with Crippen molar-refractivity contribution in [2.75, 3.05) is 0 Å². The molecule has 6 rings (SSSR count). The number of nitrogens with zero attached hydrogens (tertiary/aromatic N) is 4. The van der Waals surface area contributed by atoms with E-state index in [4.69, 9.17) is 0 Å². The molecule has 2 aromatic heterocycles. The van der Waals surface area contributed by atoms with Crippen LogP contribution < -0.4 is 0 Å². The molecule has 0 atom stereocenters. The molecule has 0 N–H and O–H groups in total. The van der Waals surface area contributed by atoms with E-state index in [9.17, 15) is 10.5 Å². The molecule has 0 unspecified atom stereocenters. The van der Waals surface area contributed by atoms with Gasteiger partial charge in [0.15, 0.2) is 0 Å². The van der Waals surface area contributed by atoms with Crippen LogP contribution in [0.3, 0.4) is 0 Å². The van der Waals surface area contributed by atoms with Gasteiger partial charge in [-0.1, -0.05) is 54.6 Å². The van der Waals surface area contributed by atoms with Crippen molar-refractivity contribution in [2.45, 2.75) is 0 Å². The van der Waals surface area contributed by atoms with Crippen LogP contribution in [0.2, 0.25) is 0 Å². The van der Waals surface area contributed by atoms with Crippen LogP contribution in [0.15, 0.2) is 109 Å². The van der Waals surface area contributed by atoms with E-state index in [1.807, 2.05) is 60.7 Å². The number of rotatable bonds is 3. The fourth-order valence-electron chi connectivity index (χ4n) is 4.72. The summed E-state index contributed by atoms with van der Waals surface area (Å²) in [5, 5.41) is 20.9. The lowest BCUT2D eigenvalue weighted by molar-refractivity contribution is 1.18. The maximum Gasteiger partial charge on any atom is 0.0992 e. The van der Waals surface area contributed by atoms with Gasteiger partial charge in [-0.05, 0) is 54.1 Å². The van der Waals surface area contributed by atoms with Crippen molar-refractivity contribution in [3.05, 3.63) is 120 Å². The van der Waals surface area contributed by atoms with Crippen molar-refractivity contribution in [3.63, 3.8) is 0 Å². The summed E-state index contributed by atoms with van der Waals surface area (Å²) in [6.07, 6.45) is 1.67. The first-order chi connectivity index (χ1) is 17.3. The van der Waals surface area contributed by atoms with Crippen LogP contribution >= 0.6 is 0 Å². The summed E-state index contributed by atoms with van der Waals surface area (Å²) in [5.41, 5.74) is 8.29. The van der Waals surface area contributed by atoms with Crippen LogP contribution in [-0.4, -0.2) is 9.55 Å². The summed E-state index contributed by atoms with van der Waals surface area (Å²) < 4.78 is 2.27. The second-order valence-corrected chi connectivity index (χ2v) is 8.34. The fraction of sp³-hybridized carbons (Fsp3) is 0. The highest BCUT2D eigenvalue weighted by molar-refractivity contribution is 6.10. The highest BCUT2D eigenvalue weighted by Gasteiger charge is 2.16. The number of benzene rings is 4. The second kappa shape index (κ2) is 8.30. The molecule has 4 aromatic carbocycles. The van der Waals surface area contributed by atoms with Crippen LogP contribution in [0, 0.1) is 22.7 Å². The molecule has 4 heteroatoms. The zero-order chi connectivity index (χ0) is 23.8. The van der Waals surface area contributed by atoms with Gasteiger partial charge in [-0.25, -0.2) is 0 Å². The number of hydrogen-bond donors (Lipinski definition) is 0. The van der Waals surface area contributed by atoms with E-state index >= 15 is 0 Å². The van der Waals surface area contributed by atoms with Crippen molar-refractivity contribution in [1.29, 1.82) is 10.5 Å². The Labute approximate surface area is 202 Å². The van der Waals surface area contributed by atoms with Gasteiger partial charge in [0, 0.05) is 28.1 Å². The van der Waals surface area contributed by atoms with E-state index in [0.29, 0.717) is 11.1 Å². The zero-order valence-corrected chi connectivity index (χ0v) is 18.7. The average molecular weight is 447 g/mol. The van der Waals surface area contributed by atoms with Crippen molar-refractivity contribution < 1.29 is 0 Å². The average Bonchev–Trinajstić information content (AvgIpc) is 3.26. The molecule has 0 saturated carbocycles. The van der Waals surface area contributed by atoms with Crippen LogP contribution in [-0.2, 0) is 0 Å². The molecule has 2 heterocycles. The largest absolute Gasteiger partial charge is 0.309 e. The quantitative estimate of drug-likeness (QED) is 0.287. The minimum atomic E-state index is 0.586. The monoisotopic (exact) mass is 446 g/mol. The number of aromatic nitrogens is 2. The lowest BCUT2D eigenvalue weighted by atomic mass is 9.99. The van der Waals surface area contributed by atoms with Crippen LogP contribution in [0.25, 0.3) is 49.9 Å². The lowest BCUT2D eigenvalue weighted by Crippen LogP contribution is -1.97. The lowest BCUT2D eigenvalue weighted by Gasteiger charge is -2.14. The first-order valence-electron chi connectivity index (χ1n) is 11.3. The third kappa shape index (κ3) is 3.42. The van der Waals surface area contributed by atoms with Crippen molar-refractivity contribution in [1.82, 2.24) is 9.55 Å². The summed E-state index contributed by atoms with van der Waals surface area (Å²) >= 11 is 0. The normalized spacial score (nSPS) is 10.8. The predicted octanol–water partition coefficient (Wildman–Crippen LogP) is 7.26. The summed E-state index contributed by atoms with van der Waals surface area (Å²) in [7, 11) is 0. The third-order valence-electron chi connectivity index (χ3n) is 6.31. The molecule has 162 valence electrons. The Bertz CT molecular complexity index is 1830. The smallest absolute Gasteiger partial charge is 0.0992 e. The van der Waals surface area contributed by atoms with Crippen molar-refractivity contribution in [2.24, 2.45) is 0 Å². The highest BCUT2D eigenvalue weighted by atomic mass is 15.0. The van der Waals surface area contributed by atoms with Gasteiger partial charge >= 0.3 is 0 Å². The first kappa shape index (κ1) is 20.4. The Kier molecular flexibility index (Phi) is 4.84. The maximum absolute atomic E-state index is 9.46. The molecule has 0 saturated heterocycles. The zero-order valence-electron chi connectivity index (χ0n) is 18.7. The Morgan fingerprint density at radius 2 is 1.34 bits per heavy atom. The Balaban J connectivity index is 1.59. The van der Waals surface area contributed by atoms with Gasteiger partial charge in [0.1, 0.15) is 0 Å². The van der Waals surface area contributed by atoms with Gasteiger partial charge in [-0.15, -0.1) is 0 Å². The van der Waals surface area contributed by atoms with E-state index in [-0.39, 0.29) is 0 Å². The fourth-order valence-corrected chi connectivity index (χ4v) is 4.72. The molecular weight excluding hydrogens is 428 g/mol. The Morgan fingerprint density at radius 1 is 0.600 bits per heavy atom. The van der Waals surface area contributed by atoms with Gasteiger partial charge in [0.2, 0.25) is 0 Å². The third-order valence-corrected chi connectivity index (χ3v) is 6.31. The topological polar surface area (TPSA) is 65.4 Å². The minimum Gasteiger partial charge on any atom is -0.309 e. The van der Waals surface area contributed by atoms with Gasteiger partial charge in [-0.2, -0.15) is 10.5 Å². The molecule has 0 spiro atoms. The Morgan fingerprint density at radius 3 is 2.23 bits per heavy atom. The van der Waals surface area contributed by atoms with Gasteiger partial charge in [0.05, 0.1) is 45.7 Å². The molecule has 4 nitrogen and oxygen atoms in total. The van der Waals surface area contributed by atoms with E-state index in [0.717, 1.165) is 49.9 Å². The van der Waals surface area contributed by atoms with Crippen LogP contribution in [0.1, 0.15) is 11.1 Å². The summed E-state index contributed by atoms with van der Waals surface area (Å²) in [5.74, 6) is 0. The predicted molar refractivity (Wildman–Crippen MR) is 139 cm³/mol. The number of fused-ring (bicyclic) bond motifs is 3. The first-order valence-corrected chi connectivity index (χ1v) is 11.3. The van der Waals surface area contributed by atoms with Crippen molar-refractivity contribution in [3.8, 4) is 40.2 Å². The molecular formula is C31H18N4. The summed E-state index contributed by atoms with van der Waals surface area (Å²) in [6, 6.07) is 38.7. The van der Waals surface area contributed by atoms with Crippen LogP contribution in [0.5, 0.6) is 0 Å². The number of pyridine rings is 1. The molecule has 0 radical (unpaired) electrons. The number of nitriles is 2. The Hall–Kier alpha value is -5.19. The highest BCUT2D eigenvalue weighted by Crippen LogP contribution is 2.37. The van der Waals surface area contributed by atoms with E-state index < -0.39 is 0 Å². The van der Waals surface area contributed by atoms with Crippen molar-refractivity contribution >= 4 is 21.8 Å². The standard InChI is InChI=1S/C31H18N4/c32-19-21-12-13-31-27(16-21)26-9-2-4-11-30(26)35(31)29-10-3-1-8-25(29)23-6-5-7-24(18-23)28-17-22(20-33)14-15-34-28/h1-18H. The molecule has 0 aliphatic carbocycles. The van der Waals surface area contributed by atoms with Crippen LogP contribution in [0.4, 0.5) is 0 Å². The number of para-hydroxylation sites is 2. The number of hydrogen-bond acceptors (Lipinski definition) is 3.